The minimum atomic E-state index is -0.499. The van der Waals surface area contributed by atoms with Crippen LogP contribution in [0.3, 0.4) is 0 Å². The highest BCUT2D eigenvalue weighted by molar-refractivity contribution is 7.98. The number of ether oxygens (including phenoxy) is 1. The lowest BCUT2D eigenvalue weighted by molar-refractivity contribution is 0.100. The molecule has 24 heavy (non-hydrogen) atoms. The van der Waals surface area contributed by atoms with Gasteiger partial charge in [-0.25, -0.2) is 0 Å². The number of thioether (sulfide) groups is 1. The molecule has 1 unspecified atom stereocenters. The summed E-state index contributed by atoms with van der Waals surface area (Å²) in [6.07, 6.45) is 7.66. The standard InChI is InChI=1S/C18H24N4OS/c1-4-5-6-9-12-18(2)20-14-11-8-7-10-13(14)15-16(23-18)19-17(24-3)22-21-15/h7-8,10-11,20H,4-6,9,12H2,1-3H3. The Labute approximate surface area is 147 Å². The van der Waals surface area contributed by atoms with Gasteiger partial charge < -0.3 is 10.1 Å². The molecular formula is C18H24N4OS. The lowest BCUT2D eigenvalue weighted by Crippen LogP contribution is -2.40. The van der Waals surface area contributed by atoms with Crippen LogP contribution in [0.4, 0.5) is 5.69 Å². The number of para-hydroxylation sites is 1. The van der Waals surface area contributed by atoms with Crippen molar-refractivity contribution in [2.24, 2.45) is 0 Å². The maximum atomic E-state index is 6.31. The van der Waals surface area contributed by atoms with Crippen LogP contribution in [-0.2, 0) is 0 Å². The fourth-order valence-electron chi connectivity index (χ4n) is 2.95. The lowest BCUT2D eigenvalue weighted by Gasteiger charge is -2.30. The van der Waals surface area contributed by atoms with Gasteiger partial charge >= 0.3 is 0 Å². The second-order valence-electron chi connectivity index (χ2n) is 6.27. The van der Waals surface area contributed by atoms with Crippen LogP contribution in [0.15, 0.2) is 29.4 Å². The van der Waals surface area contributed by atoms with E-state index in [1.165, 1.54) is 31.0 Å². The van der Waals surface area contributed by atoms with Gasteiger partial charge in [0.25, 0.3) is 0 Å². The third kappa shape index (κ3) is 3.64. The van der Waals surface area contributed by atoms with Gasteiger partial charge in [0, 0.05) is 17.7 Å². The number of anilines is 1. The van der Waals surface area contributed by atoms with Crippen LogP contribution >= 0.6 is 11.8 Å². The summed E-state index contributed by atoms with van der Waals surface area (Å²) in [4.78, 5) is 4.56. The van der Waals surface area contributed by atoms with Crippen LogP contribution in [0.1, 0.15) is 46.0 Å². The van der Waals surface area contributed by atoms with E-state index in [1.54, 1.807) is 0 Å². The van der Waals surface area contributed by atoms with Crippen molar-refractivity contribution >= 4 is 17.4 Å². The van der Waals surface area contributed by atoms with E-state index in [0.717, 1.165) is 24.1 Å². The van der Waals surface area contributed by atoms with Gasteiger partial charge in [-0.15, -0.1) is 10.2 Å². The summed E-state index contributed by atoms with van der Waals surface area (Å²) < 4.78 is 6.31. The number of nitrogens with zero attached hydrogens (tertiary/aromatic N) is 3. The molecule has 128 valence electrons. The number of fused-ring (bicyclic) bond motifs is 3. The number of rotatable bonds is 6. The van der Waals surface area contributed by atoms with E-state index in [-0.39, 0.29) is 0 Å². The van der Waals surface area contributed by atoms with E-state index in [9.17, 15) is 0 Å². The highest BCUT2D eigenvalue weighted by atomic mass is 32.2. The van der Waals surface area contributed by atoms with Crippen molar-refractivity contribution in [3.8, 4) is 17.1 Å². The van der Waals surface area contributed by atoms with Crippen LogP contribution < -0.4 is 10.1 Å². The smallest absolute Gasteiger partial charge is 0.247 e. The normalized spacial score (nSPS) is 18.8. The predicted molar refractivity (Wildman–Crippen MR) is 98.5 cm³/mol. The maximum absolute atomic E-state index is 6.31. The van der Waals surface area contributed by atoms with Crippen molar-refractivity contribution in [1.82, 2.24) is 15.2 Å². The van der Waals surface area contributed by atoms with E-state index in [2.05, 4.69) is 40.4 Å². The molecule has 2 aromatic rings. The average Bonchev–Trinajstić information content (AvgIpc) is 2.71. The Bertz CT molecular complexity index is 709. The van der Waals surface area contributed by atoms with Crippen molar-refractivity contribution in [3.05, 3.63) is 24.3 Å². The minimum Gasteiger partial charge on any atom is -0.450 e. The zero-order chi connectivity index (χ0) is 17.0. The first kappa shape index (κ1) is 17.0. The summed E-state index contributed by atoms with van der Waals surface area (Å²) in [5.41, 5.74) is 2.20. The fraction of sp³-hybridized carbons (Fsp3) is 0.500. The molecule has 2 heterocycles. The van der Waals surface area contributed by atoms with Gasteiger partial charge in [-0.05, 0) is 25.7 Å². The molecule has 0 bridgehead atoms. The number of benzene rings is 1. The quantitative estimate of drug-likeness (QED) is 0.603. The Morgan fingerprint density at radius 1 is 1.17 bits per heavy atom. The second-order valence-corrected chi connectivity index (χ2v) is 7.04. The Hall–Kier alpha value is -1.82. The highest BCUT2D eigenvalue weighted by Gasteiger charge is 2.33. The first-order valence-corrected chi connectivity index (χ1v) is 9.73. The van der Waals surface area contributed by atoms with Crippen molar-refractivity contribution in [1.29, 1.82) is 0 Å². The molecule has 0 radical (unpaired) electrons. The average molecular weight is 344 g/mol. The molecule has 6 heteroatoms. The van der Waals surface area contributed by atoms with E-state index < -0.39 is 5.72 Å². The van der Waals surface area contributed by atoms with E-state index in [1.807, 2.05) is 24.5 Å². The zero-order valence-electron chi connectivity index (χ0n) is 14.5. The number of hydrogen-bond donors (Lipinski definition) is 1. The summed E-state index contributed by atoms with van der Waals surface area (Å²) in [7, 11) is 0. The van der Waals surface area contributed by atoms with Crippen molar-refractivity contribution in [2.45, 2.75) is 56.8 Å². The third-order valence-electron chi connectivity index (χ3n) is 4.23. The summed E-state index contributed by atoms with van der Waals surface area (Å²) in [6.45, 7) is 4.31. The number of aromatic nitrogens is 3. The zero-order valence-corrected chi connectivity index (χ0v) is 15.3. The lowest BCUT2D eigenvalue weighted by atomic mass is 10.0. The highest BCUT2D eigenvalue weighted by Crippen LogP contribution is 2.39. The number of nitrogens with one attached hydrogen (secondary N) is 1. The molecule has 1 aliphatic rings. The fourth-order valence-corrected chi connectivity index (χ4v) is 3.25. The largest absolute Gasteiger partial charge is 0.450 e. The monoisotopic (exact) mass is 344 g/mol. The topological polar surface area (TPSA) is 59.9 Å². The van der Waals surface area contributed by atoms with E-state index >= 15 is 0 Å². The summed E-state index contributed by atoms with van der Waals surface area (Å²) in [6, 6.07) is 8.11. The maximum Gasteiger partial charge on any atom is 0.247 e. The van der Waals surface area contributed by atoms with Gasteiger partial charge in [-0.1, -0.05) is 56.1 Å². The molecule has 0 aliphatic carbocycles. The first-order valence-electron chi connectivity index (χ1n) is 8.50. The molecule has 1 aliphatic heterocycles. The molecule has 0 fully saturated rings. The number of unbranched alkanes of at least 4 members (excludes halogenated alkanes) is 3. The summed E-state index contributed by atoms with van der Waals surface area (Å²) in [5.74, 6) is 0.560. The first-order chi connectivity index (χ1) is 11.6. The molecule has 0 spiro atoms. The van der Waals surface area contributed by atoms with Gasteiger partial charge in [0.05, 0.1) is 0 Å². The Balaban J connectivity index is 1.96. The van der Waals surface area contributed by atoms with Crippen LogP contribution in [0.5, 0.6) is 5.88 Å². The van der Waals surface area contributed by atoms with Gasteiger partial charge in [0.15, 0.2) is 11.4 Å². The van der Waals surface area contributed by atoms with Crippen LogP contribution in [0.2, 0.25) is 0 Å². The molecule has 0 saturated carbocycles. The summed E-state index contributed by atoms with van der Waals surface area (Å²) >= 11 is 1.47. The predicted octanol–water partition coefficient (Wildman–Crippen LogP) is 4.75. The number of hydrogen-bond acceptors (Lipinski definition) is 6. The van der Waals surface area contributed by atoms with E-state index in [4.69, 9.17) is 4.74 Å². The van der Waals surface area contributed by atoms with Crippen LogP contribution in [0, 0.1) is 0 Å². The molecule has 1 atom stereocenters. The van der Waals surface area contributed by atoms with Gasteiger partial charge in [0.2, 0.25) is 11.0 Å². The van der Waals surface area contributed by atoms with Crippen LogP contribution in [-0.4, -0.2) is 27.2 Å². The Morgan fingerprint density at radius 3 is 2.79 bits per heavy atom. The SMILES string of the molecule is CCCCCCC1(C)Nc2ccccc2-c2nnc(SC)nc2O1. The van der Waals surface area contributed by atoms with E-state index in [0.29, 0.717) is 16.7 Å². The van der Waals surface area contributed by atoms with Gasteiger partial charge in [-0.3, -0.25) is 0 Å². The van der Waals surface area contributed by atoms with Crippen molar-refractivity contribution in [2.75, 3.05) is 11.6 Å². The van der Waals surface area contributed by atoms with Crippen LogP contribution in [0.25, 0.3) is 11.3 Å². The molecule has 5 nitrogen and oxygen atoms in total. The van der Waals surface area contributed by atoms with Gasteiger partial charge in [0.1, 0.15) is 0 Å². The Kier molecular flexibility index (Phi) is 5.23. The second kappa shape index (κ2) is 7.38. The molecular weight excluding hydrogens is 320 g/mol. The molecule has 0 amide bonds. The van der Waals surface area contributed by atoms with Crippen molar-refractivity contribution in [3.63, 3.8) is 0 Å². The summed E-state index contributed by atoms with van der Waals surface area (Å²) in [5, 5.41) is 12.7. The molecule has 1 N–H and O–H groups in total. The van der Waals surface area contributed by atoms with Gasteiger partial charge in [-0.2, -0.15) is 4.98 Å². The molecule has 1 aromatic heterocycles. The molecule has 1 aromatic carbocycles. The minimum absolute atomic E-state index is 0.499. The van der Waals surface area contributed by atoms with Crippen molar-refractivity contribution < 1.29 is 4.74 Å². The molecule has 0 saturated heterocycles. The third-order valence-corrected chi connectivity index (χ3v) is 4.77. The molecule has 3 rings (SSSR count). The Morgan fingerprint density at radius 2 is 2.00 bits per heavy atom.